The Morgan fingerprint density at radius 3 is 2.56 bits per heavy atom. The van der Waals surface area contributed by atoms with Crippen LogP contribution < -0.4 is 10.6 Å². The van der Waals surface area contributed by atoms with Gasteiger partial charge in [0.25, 0.3) is 5.91 Å². The molecule has 0 unspecified atom stereocenters. The quantitative estimate of drug-likeness (QED) is 0.378. The number of benzene rings is 2. The van der Waals surface area contributed by atoms with Crippen LogP contribution in [-0.2, 0) is 16.0 Å². The van der Waals surface area contributed by atoms with Crippen LogP contribution in [-0.4, -0.2) is 69.2 Å². The number of β-amino-alcohol motifs (C(OH)–C–C–N with tert-alkyl or cyclic N) is 2. The number of aromatic amines is 1. The minimum absolute atomic E-state index is 0.0148. The Hall–Kier alpha value is -3.40. The van der Waals surface area contributed by atoms with Crippen LogP contribution in [0.15, 0.2) is 48.5 Å². The maximum absolute atomic E-state index is 13.2. The second-order valence-corrected chi connectivity index (χ2v) is 9.10. The summed E-state index contributed by atoms with van der Waals surface area (Å²) < 4.78 is 0. The van der Waals surface area contributed by atoms with E-state index in [0.29, 0.717) is 10.6 Å². The summed E-state index contributed by atoms with van der Waals surface area (Å²) in [4.78, 5) is 43.6. The molecule has 10 heteroatoms. The van der Waals surface area contributed by atoms with Crippen LogP contribution in [0.1, 0.15) is 27.7 Å². The minimum Gasteiger partial charge on any atom is -0.388 e. The van der Waals surface area contributed by atoms with Crippen LogP contribution in [0.5, 0.6) is 0 Å². The van der Waals surface area contributed by atoms with Crippen molar-refractivity contribution >= 4 is 40.2 Å². The smallest absolute Gasteiger partial charge is 0.268 e. The van der Waals surface area contributed by atoms with Gasteiger partial charge in [0.1, 0.15) is 17.8 Å². The number of H-pyrrole nitrogens is 1. The summed E-state index contributed by atoms with van der Waals surface area (Å²) in [5, 5.41) is 26.5. The summed E-state index contributed by atoms with van der Waals surface area (Å²) in [6.07, 6.45) is -1.85. The molecule has 2 aliphatic rings. The number of hydrogen-bond acceptors (Lipinski definition) is 5. The molecule has 1 fully saturated rings. The molecule has 1 saturated heterocycles. The first kappa shape index (κ1) is 22.4. The Morgan fingerprint density at radius 1 is 1.06 bits per heavy atom. The van der Waals surface area contributed by atoms with Gasteiger partial charge in [0, 0.05) is 35.4 Å². The van der Waals surface area contributed by atoms with Crippen LogP contribution >= 0.6 is 11.6 Å². The number of carbonyl (C=O) groups excluding carboxylic acids is 3. The zero-order valence-electron chi connectivity index (χ0n) is 18.0. The molecule has 5 N–H and O–H groups in total. The average Bonchev–Trinajstić information content (AvgIpc) is 3.35. The van der Waals surface area contributed by atoms with E-state index in [4.69, 9.17) is 11.6 Å². The Balaban J connectivity index is 1.39. The molecule has 9 nitrogen and oxygen atoms in total. The molecule has 2 aromatic carbocycles. The third kappa shape index (κ3) is 4.13. The highest BCUT2D eigenvalue weighted by Crippen LogP contribution is 2.27. The predicted octanol–water partition coefficient (Wildman–Crippen LogP) is 0.897. The maximum atomic E-state index is 13.2. The van der Waals surface area contributed by atoms with Gasteiger partial charge in [0.15, 0.2) is 0 Å². The number of hydrogen-bond donors (Lipinski definition) is 5. The van der Waals surface area contributed by atoms with E-state index in [2.05, 4.69) is 15.6 Å². The summed E-state index contributed by atoms with van der Waals surface area (Å²) in [5.74, 6) is -1.38. The first-order valence-electron chi connectivity index (χ1n) is 10.9. The lowest BCUT2D eigenvalue weighted by molar-refractivity contribution is -0.136. The highest BCUT2D eigenvalue weighted by atomic mass is 35.5. The van der Waals surface area contributed by atoms with Crippen molar-refractivity contribution in [2.24, 2.45) is 0 Å². The van der Waals surface area contributed by atoms with Crippen molar-refractivity contribution in [3.8, 4) is 0 Å². The third-order valence-corrected chi connectivity index (χ3v) is 6.58. The lowest BCUT2D eigenvalue weighted by Gasteiger charge is -2.24. The number of fused-ring (bicyclic) bond motifs is 2. The zero-order chi connectivity index (χ0) is 24.0. The van der Waals surface area contributed by atoms with Crippen molar-refractivity contribution < 1.29 is 24.6 Å². The van der Waals surface area contributed by atoms with E-state index in [-0.39, 0.29) is 25.2 Å². The summed E-state index contributed by atoms with van der Waals surface area (Å²) in [5.41, 5.74) is 2.39. The van der Waals surface area contributed by atoms with Crippen LogP contribution in [0, 0.1) is 0 Å². The second-order valence-electron chi connectivity index (χ2n) is 8.66. The van der Waals surface area contributed by atoms with Crippen LogP contribution in [0.3, 0.4) is 0 Å². The van der Waals surface area contributed by atoms with Crippen molar-refractivity contribution in [3.05, 3.63) is 70.4 Å². The van der Waals surface area contributed by atoms with Gasteiger partial charge in [0.2, 0.25) is 11.8 Å². The summed E-state index contributed by atoms with van der Waals surface area (Å²) in [7, 11) is 0. The van der Waals surface area contributed by atoms with Gasteiger partial charge >= 0.3 is 0 Å². The fourth-order valence-corrected chi connectivity index (χ4v) is 4.72. The van der Waals surface area contributed by atoms with Crippen molar-refractivity contribution in [3.63, 3.8) is 0 Å². The molecule has 2 aliphatic heterocycles. The molecule has 0 bridgehead atoms. The highest BCUT2D eigenvalue weighted by molar-refractivity contribution is 6.31. The number of rotatable bonds is 3. The SMILES string of the molecule is O=C(N[C@@H]1Cc2ccccc2[C@@H](C(=O)N2C[C@@H](O)[C@@H](O)C2)NC1=O)c1cc2cc(Cl)ccc2[nH]1. The fraction of sp³-hybridized carbons (Fsp3) is 0.292. The molecule has 5 rings (SSSR count). The topological polar surface area (TPSA) is 135 Å². The van der Waals surface area contributed by atoms with Gasteiger partial charge in [-0.05, 0) is 35.4 Å². The number of halogens is 1. The number of aliphatic hydroxyl groups is 2. The molecular weight excluding hydrogens is 460 g/mol. The van der Waals surface area contributed by atoms with E-state index in [1.165, 1.54) is 4.90 Å². The molecule has 3 aromatic rings. The van der Waals surface area contributed by atoms with Crippen molar-refractivity contribution in [2.75, 3.05) is 13.1 Å². The minimum atomic E-state index is -1.03. The molecule has 4 atom stereocenters. The number of carbonyl (C=O) groups is 3. The van der Waals surface area contributed by atoms with Crippen molar-refractivity contribution in [1.82, 2.24) is 20.5 Å². The van der Waals surface area contributed by atoms with Crippen molar-refractivity contribution in [2.45, 2.75) is 30.7 Å². The van der Waals surface area contributed by atoms with Crippen LogP contribution in [0.2, 0.25) is 5.02 Å². The molecule has 3 amide bonds. The van der Waals surface area contributed by atoms with E-state index in [1.807, 2.05) is 6.07 Å². The van der Waals surface area contributed by atoms with Gasteiger partial charge < -0.3 is 30.7 Å². The standard InChI is InChI=1S/C24H23ClN4O5/c25-14-5-6-16-13(7-14)9-17(26-16)22(32)27-18-8-12-3-1-2-4-15(12)21(28-23(18)33)24(34)29-10-19(30)20(31)11-29/h1-7,9,18-21,26,30-31H,8,10-11H2,(H,27,32)(H,28,33)/t18-,19-,20+,21+/m1/s1. The lowest BCUT2D eigenvalue weighted by Crippen LogP contribution is -2.49. The van der Waals surface area contributed by atoms with Gasteiger partial charge in [0.05, 0.1) is 12.2 Å². The number of aromatic nitrogens is 1. The second kappa shape index (κ2) is 8.75. The Labute approximate surface area is 199 Å². The van der Waals surface area contributed by atoms with Gasteiger partial charge in [-0.15, -0.1) is 0 Å². The first-order valence-corrected chi connectivity index (χ1v) is 11.3. The van der Waals surface area contributed by atoms with Crippen molar-refractivity contribution in [1.29, 1.82) is 0 Å². The van der Waals surface area contributed by atoms with Gasteiger partial charge in [-0.3, -0.25) is 14.4 Å². The normalized spacial score (nSPS) is 24.4. The van der Waals surface area contributed by atoms with E-state index >= 15 is 0 Å². The molecule has 0 aliphatic carbocycles. The monoisotopic (exact) mass is 482 g/mol. The maximum Gasteiger partial charge on any atom is 0.268 e. The lowest BCUT2D eigenvalue weighted by atomic mass is 9.97. The van der Waals surface area contributed by atoms with Gasteiger partial charge in [-0.1, -0.05) is 35.9 Å². The fourth-order valence-electron chi connectivity index (χ4n) is 4.54. The predicted molar refractivity (Wildman–Crippen MR) is 124 cm³/mol. The number of nitrogens with one attached hydrogen (secondary N) is 3. The molecule has 176 valence electrons. The number of nitrogens with zero attached hydrogens (tertiary/aromatic N) is 1. The van der Waals surface area contributed by atoms with Crippen LogP contribution in [0.25, 0.3) is 10.9 Å². The molecule has 0 spiro atoms. The largest absolute Gasteiger partial charge is 0.388 e. The Morgan fingerprint density at radius 2 is 1.79 bits per heavy atom. The van der Waals surface area contributed by atoms with E-state index < -0.39 is 42.0 Å². The molecule has 0 radical (unpaired) electrons. The molecular formula is C24H23ClN4O5. The van der Waals surface area contributed by atoms with E-state index in [1.54, 1.807) is 42.5 Å². The molecule has 1 aromatic heterocycles. The highest BCUT2D eigenvalue weighted by Gasteiger charge is 2.40. The van der Waals surface area contributed by atoms with Gasteiger partial charge in [-0.2, -0.15) is 0 Å². The molecule has 0 saturated carbocycles. The third-order valence-electron chi connectivity index (χ3n) is 6.34. The Bertz CT molecular complexity index is 1280. The Kier molecular flexibility index (Phi) is 5.76. The summed E-state index contributed by atoms with van der Waals surface area (Å²) in [6, 6.07) is 12.1. The number of amides is 3. The number of likely N-dealkylation sites (tertiary alicyclic amines) is 1. The number of aliphatic hydroxyl groups excluding tert-OH is 2. The van der Waals surface area contributed by atoms with E-state index in [0.717, 1.165) is 16.5 Å². The van der Waals surface area contributed by atoms with Crippen LogP contribution in [0.4, 0.5) is 0 Å². The average molecular weight is 483 g/mol. The van der Waals surface area contributed by atoms with E-state index in [9.17, 15) is 24.6 Å². The molecule has 3 heterocycles. The summed E-state index contributed by atoms with van der Waals surface area (Å²) in [6.45, 7) is -0.0296. The molecule has 34 heavy (non-hydrogen) atoms. The zero-order valence-corrected chi connectivity index (χ0v) is 18.7. The first-order chi connectivity index (χ1) is 16.3. The summed E-state index contributed by atoms with van der Waals surface area (Å²) >= 11 is 6.02. The van der Waals surface area contributed by atoms with Gasteiger partial charge in [-0.25, -0.2) is 0 Å².